The Bertz CT molecular complexity index is 426. The summed E-state index contributed by atoms with van der Waals surface area (Å²) in [4.78, 5) is 0. The van der Waals surface area contributed by atoms with E-state index in [1.54, 1.807) is 6.07 Å². The zero-order chi connectivity index (χ0) is 19.4. The molecule has 1 rings (SSSR count). The summed E-state index contributed by atoms with van der Waals surface area (Å²) in [5.41, 5.74) is 1.14. The molecule has 0 fully saturated rings. The lowest BCUT2D eigenvalue weighted by Gasteiger charge is -2.04. The maximum atomic E-state index is 13.1. The predicted octanol–water partition coefficient (Wildman–Crippen LogP) is 9.41. The molecule has 0 heterocycles. The smallest absolute Gasteiger partial charge is 0.123 e. The van der Waals surface area contributed by atoms with Crippen molar-refractivity contribution in [3.63, 3.8) is 0 Å². The largest absolute Gasteiger partial charge is 0.207 e. The van der Waals surface area contributed by atoms with E-state index < -0.39 is 0 Å². The lowest BCUT2D eigenvalue weighted by atomic mass is 10.0. The molecule has 0 aliphatic heterocycles. The highest BCUT2D eigenvalue weighted by Crippen LogP contribution is 2.15. The summed E-state index contributed by atoms with van der Waals surface area (Å²) < 4.78 is 13.1. The molecule has 0 saturated carbocycles. The number of halogens is 1. The Balaban J connectivity index is 1.72. The van der Waals surface area contributed by atoms with Crippen LogP contribution in [-0.2, 0) is 6.42 Å². The molecule has 0 N–H and O–H groups in total. The third-order valence-electron chi connectivity index (χ3n) is 5.71. The molecule has 0 radical (unpaired) electrons. The molecule has 0 amide bonds. The van der Waals surface area contributed by atoms with Gasteiger partial charge >= 0.3 is 0 Å². The number of benzene rings is 1. The Morgan fingerprint density at radius 1 is 0.556 bits per heavy atom. The van der Waals surface area contributed by atoms with Gasteiger partial charge in [-0.1, -0.05) is 128 Å². The molecule has 0 unspecified atom stereocenters. The van der Waals surface area contributed by atoms with Crippen molar-refractivity contribution in [3.8, 4) is 0 Å². The average Bonchev–Trinajstić information content (AvgIpc) is 2.67. The number of aryl methyl sites for hydroxylation is 1. The van der Waals surface area contributed by atoms with Crippen LogP contribution in [0.3, 0.4) is 0 Å². The van der Waals surface area contributed by atoms with Crippen LogP contribution < -0.4 is 0 Å². The Labute approximate surface area is 169 Å². The molecule has 0 bridgehead atoms. The second-order valence-electron chi connectivity index (χ2n) is 8.39. The minimum atomic E-state index is -0.102. The highest BCUT2D eigenvalue weighted by atomic mass is 19.1. The van der Waals surface area contributed by atoms with Crippen LogP contribution in [0.4, 0.5) is 4.39 Å². The first-order chi connectivity index (χ1) is 13.3. The molecule has 0 atom stereocenters. The maximum Gasteiger partial charge on any atom is 0.123 e. The third kappa shape index (κ3) is 15.9. The Hall–Kier alpha value is -0.850. The van der Waals surface area contributed by atoms with E-state index in [0.29, 0.717) is 0 Å². The van der Waals surface area contributed by atoms with E-state index in [1.165, 1.54) is 122 Å². The van der Waals surface area contributed by atoms with Crippen LogP contribution in [0.25, 0.3) is 0 Å². The van der Waals surface area contributed by atoms with Crippen LogP contribution in [0.2, 0.25) is 0 Å². The zero-order valence-corrected chi connectivity index (χ0v) is 18.1. The topological polar surface area (TPSA) is 0 Å². The summed E-state index contributed by atoms with van der Waals surface area (Å²) in [6, 6.07) is 7.06. The molecule has 0 saturated heterocycles. The van der Waals surface area contributed by atoms with Gasteiger partial charge in [0, 0.05) is 0 Å². The van der Waals surface area contributed by atoms with Crippen LogP contribution in [0.5, 0.6) is 0 Å². The molecule has 0 aromatic heterocycles. The molecule has 1 heteroatoms. The van der Waals surface area contributed by atoms with Gasteiger partial charge in [-0.2, -0.15) is 0 Å². The van der Waals surface area contributed by atoms with Gasteiger partial charge in [-0.3, -0.25) is 0 Å². The lowest BCUT2D eigenvalue weighted by Crippen LogP contribution is -1.87. The molecular formula is C26H45F. The quantitative estimate of drug-likeness (QED) is 0.211. The Morgan fingerprint density at radius 2 is 0.963 bits per heavy atom. The van der Waals surface area contributed by atoms with Crippen LogP contribution in [0.15, 0.2) is 24.3 Å². The zero-order valence-electron chi connectivity index (χ0n) is 18.1. The number of hydrogen-bond donors (Lipinski definition) is 0. The van der Waals surface area contributed by atoms with Crippen LogP contribution in [0.1, 0.15) is 128 Å². The van der Waals surface area contributed by atoms with Gasteiger partial charge in [0.25, 0.3) is 0 Å². The van der Waals surface area contributed by atoms with Gasteiger partial charge in [0.15, 0.2) is 0 Å². The minimum Gasteiger partial charge on any atom is -0.207 e. The number of hydrogen-bond acceptors (Lipinski definition) is 0. The Morgan fingerprint density at radius 3 is 1.37 bits per heavy atom. The normalized spacial score (nSPS) is 11.2. The van der Waals surface area contributed by atoms with Crippen molar-refractivity contribution in [1.29, 1.82) is 0 Å². The van der Waals surface area contributed by atoms with E-state index in [0.717, 1.165) is 12.0 Å². The highest BCUT2D eigenvalue weighted by Gasteiger charge is 1.97. The van der Waals surface area contributed by atoms with E-state index in [9.17, 15) is 4.39 Å². The van der Waals surface area contributed by atoms with Crippen molar-refractivity contribution in [3.05, 3.63) is 35.6 Å². The highest BCUT2D eigenvalue weighted by molar-refractivity contribution is 5.16. The van der Waals surface area contributed by atoms with Gasteiger partial charge in [-0.25, -0.2) is 4.39 Å². The van der Waals surface area contributed by atoms with Crippen LogP contribution >= 0.6 is 0 Å². The first-order valence-electron chi connectivity index (χ1n) is 12.1. The van der Waals surface area contributed by atoms with Crippen LogP contribution in [-0.4, -0.2) is 0 Å². The van der Waals surface area contributed by atoms with Crippen molar-refractivity contribution in [2.45, 2.75) is 129 Å². The monoisotopic (exact) mass is 376 g/mol. The van der Waals surface area contributed by atoms with Crippen molar-refractivity contribution in [1.82, 2.24) is 0 Å². The molecule has 156 valence electrons. The number of unbranched alkanes of at least 4 members (excludes halogenated alkanes) is 17. The third-order valence-corrected chi connectivity index (χ3v) is 5.71. The fraction of sp³-hybridized carbons (Fsp3) is 0.769. The molecule has 27 heavy (non-hydrogen) atoms. The molecule has 1 aromatic carbocycles. The van der Waals surface area contributed by atoms with Gasteiger partial charge in [0.1, 0.15) is 5.82 Å². The van der Waals surface area contributed by atoms with Gasteiger partial charge in [0.05, 0.1) is 0 Å². The van der Waals surface area contributed by atoms with Gasteiger partial charge in [0.2, 0.25) is 0 Å². The van der Waals surface area contributed by atoms with Crippen molar-refractivity contribution >= 4 is 0 Å². The predicted molar refractivity (Wildman–Crippen MR) is 119 cm³/mol. The van der Waals surface area contributed by atoms with E-state index in [1.807, 2.05) is 12.1 Å². The summed E-state index contributed by atoms with van der Waals surface area (Å²) in [7, 11) is 0. The van der Waals surface area contributed by atoms with Gasteiger partial charge < -0.3 is 0 Å². The van der Waals surface area contributed by atoms with E-state index in [4.69, 9.17) is 0 Å². The van der Waals surface area contributed by atoms with E-state index in [2.05, 4.69) is 6.92 Å². The standard InChI is InChI=1S/C26H45F/c1-2-3-4-5-6-7-8-9-10-11-12-13-14-15-16-17-18-19-21-25-22-20-23-26(27)24-25/h20,22-24H,2-19,21H2,1H3. The lowest BCUT2D eigenvalue weighted by molar-refractivity contribution is 0.525. The summed E-state index contributed by atoms with van der Waals surface area (Å²) in [5, 5.41) is 0. The molecule has 0 spiro atoms. The Kier molecular flexibility index (Phi) is 16.6. The molecule has 0 aliphatic carbocycles. The maximum absolute atomic E-state index is 13.1. The molecular weight excluding hydrogens is 331 g/mol. The summed E-state index contributed by atoms with van der Waals surface area (Å²) in [6.45, 7) is 2.29. The second-order valence-corrected chi connectivity index (χ2v) is 8.39. The first-order valence-corrected chi connectivity index (χ1v) is 12.1. The first kappa shape index (κ1) is 24.2. The fourth-order valence-electron chi connectivity index (χ4n) is 3.92. The molecule has 0 nitrogen and oxygen atoms in total. The van der Waals surface area contributed by atoms with Gasteiger partial charge in [-0.05, 0) is 30.5 Å². The molecule has 0 aliphatic rings. The summed E-state index contributed by atoms with van der Waals surface area (Å²) in [6.07, 6.45) is 26.3. The van der Waals surface area contributed by atoms with E-state index >= 15 is 0 Å². The van der Waals surface area contributed by atoms with Crippen molar-refractivity contribution in [2.24, 2.45) is 0 Å². The van der Waals surface area contributed by atoms with Crippen molar-refractivity contribution in [2.75, 3.05) is 0 Å². The second kappa shape index (κ2) is 18.5. The average molecular weight is 377 g/mol. The fourth-order valence-corrected chi connectivity index (χ4v) is 3.92. The molecule has 1 aromatic rings. The van der Waals surface area contributed by atoms with Crippen LogP contribution in [0, 0.1) is 5.82 Å². The summed E-state index contributed by atoms with van der Waals surface area (Å²) in [5.74, 6) is -0.102. The van der Waals surface area contributed by atoms with E-state index in [-0.39, 0.29) is 5.82 Å². The van der Waals surface area contributed by atoms with Gasteiger partial charge in [-0.15, -0.1) is 0 Å². The summed E-state index contributed by atoms with van der Waals surface area (Å²) >= 11 is 0. The minimum absolute atomic E-state index is 0.102. The SMILES string of the molecule is CCCCCCCCCCCCCCCCCCCCc1cccc(F)c1. The number of rotatable bonds is 19. The van der Waals surface area contributed by atoms with Crippen molar-refractivity contribution < 1.29 is 4.39 Å².